The van der Waals surface area contributed by atoms with Crippen LogP contribution in [-0.4, -0.2) is 42.6 Å². The smallest absolute Gasteiger partial charge is 0.252 e. The molecule has 2 aliphatic rings. The summed E-state index contributed by atoms with van der Waals surface area (Å²) in [4.78, 5) is 15.3. The topological polar surface area (TPSA) is 41.6 Å². The highest BCUT2D eigenvalue weighted by atomic mass is 19.1. The second-order valence-electron chi connectivity index (χ2n) is 8.12. The van der Waals surface area contributed by atoms with Crippen molar-refractivity contribution in [1.82, 2.24) is 10.2 Å². The molecule has 0 unspecified atom stereocenters. The molecule has 2 aromatic carbocycles. The lowest BCUT2D eigenvalue weighted by Gasteiger charge is -2.31. The maximum absolute atomic E-state index is 14.0. The molecule has 0 radical (unpaired) electrons. The average Bonchev–Trinajstić information content (AvgIpc) is 3.06. The zero-order valence-corrected chi connectivity index (χ0v) is 16.5. The van der Waals surface area contributed by atoms with Gasteiger partial charge in [0.05, 0.1) is 12.6 Å². The highest BCUT2D eigenvalue weighted by Crippen LogP contribution is 2.33. The second kappa shape index (κ2) is 7.55. The van der Waals surface area contributed by atoms with Gasteiger partial charge in [0, 0.05) is 24.7 Å². The van der Waals surface area contributed by atoms with E-state index in [9.17, 15) is 9.18 Å². The van der Waals surface area contributed by atoms with Crippen molar-refractivity contribution in [2.24, 2.45) is 0 Å². The van der Waals surface area contributed by atoms with Gasteiger partial charge in [-0.15, -0.1) is 0 Å². The molecular formula is C23H27FN2O2. The Kier molecular flexibility index (Phi) is 5.11. The number of nitrogens with one attached hydrogen (secondary N) is 1. The van der Waals surface area contributed by atoms with Gasteiger partial charge in [-0.1, -0.05) is 24.3 Å². The molecule has 2 aliphatic heterocycles. The van der Waals surface area contributed by atoms with Gasteiger partial charge in [0.15, 0.2) is 0 Å². The van der Waals surface area contributed by atoms with Crippen molar-refractivity contribution in [1.29, 1.82) is 0 Å². The Morgan fingerprint density at radius 1 is 1.25 bits per heavy atom. The number of halogens is 1. The molecule has 28 heavy (non-hydrogen) atoms. The molecule has 2 heterocycles. The summed E-state index contributed by atoms with van der Waals surface area (Å²) < 4.78 is 19.3. The molecule has 0 bridgehead atoms. The molecule has 1 amide bonds. The van der Waals surface area contributed by atoms with E-state index in [4.69, 9.17) is 4.74 Å². The SMILES string of the molecule is COc1ccc2c(c1)C(=O)N[C@@]1(CC2)CCN([C@@H](C)Cc2ccccc2F)C1. The van der Waals surface area contributed by atoms with Gasteiger partial charge in [0.2, 0.25) is 0 Å². The molecule has 5 heteroatoms. The predicted octanol–water partition coefficient (Wildman–Crippen LogP) is 3.59. The number of benzene rings is 2. The predicted molar refractivity (Wildman–Crippen MR) is 107 cm³/mol. The fraction of sp³-hybridized carbons (Fsp3) is 0.435. The lowest BCUT2D eigenvalue weighted by atomic mass is 9.91. The third-order valence-corrected chi connectivity index (χ3v) is 6.29. The van der Waals surface area contributed by atoms with E-state index in [-0.39, 0.29) is 23.3 Å². The number of methoxy groups -OCH3 is 1. The van der Waals surface area contributed by atoms with Crippen molar-refractivity contribution in [2.45, 2.75) is 44.2 Å². The first-order valence-electron chi connectivity index (χ1n) is 9.96. The first-order chi connectivity index (χ1) is 13.5. The summed E-state index contributed by atoms with van der Waals surface area (Å²) in [6.07, 6.45) is 3.38. The zero-order valence-electron chi connectivity index (χ0n) is 16.5. The third-order valence-electron chi connectivity index (χ3n) is 6.29. The van der Waals surface area contributed by atoms with Crippen molar-refractivity contribution in [3.05, 3.63) is 65.0 Å². The van der Waals surface area contributed by atoms with E-state index in [1.807, 2.05) is 30.3 Å². The van der Waals surface area contributed by atoms with Crippen molar-refractivity contribution >= 4 is 5.91 Å². The van der Waals surface area contributed by atoms with E-state index in [0.717, 1.165) is 43.5 Å². The van der Waals surface area contributed by atoms with Crippen LogP contribution in [0, 0.1) is 5.82 Å². The van der Waals surface area contributed by atoms with Crippen molar-refractivity contribution in [2.75, 3.05) is 20.2 Å². The molecule has 0 aliphatic carbocycles. The van der Waals surface area contributed by atoms with Gasteiger partial charge in [-0.3, -0.25) is 9.69 Å². The molecule has 148 valence electrons. The van der Waals surface area contributed by atoms with Gasteiger partial charge >= 0.3 is 0 Å². The van der Waals surface area contributed by atoms with Gasteiger partial charge in [-0.25, -0.2) is 4.39 Å². The van der Waals surface area contributed by atoms with Gasteiger partial charge in [-0.2, -0.15) is 0 Å². The largest absolute Gasteiger partial charge is 0.497 e. The van der Waals surface area contributed by atoms with Crippen LogP contribution < -0.4 is 10.1 Å². The molecule has 1 N–H and O–H groups in total. The number of nitrogens with zero attached hydrogens (tertiary/aromatic N) is 1. The van der Waals surface area contributed by atoms with E-state index < -0.39 is 0 Å². The lowest BCUT2D eigenvalue weighted by Crippen LogP contribution is -2.50. The number of rotatable bonds is 4. The molecule has 4 rings (SSSR count). The number of carbonyl (C=O) groups excluding carboxylic acids is 1. The van der Waals surface area contributed by atoms with Crippen LogP contribution in [0.15, 0.2) is 42.5 Å². The standard InChI is InChI=1S/C23H27FN2O2/c1-16(13-18-5-3-4-6-21(18)24)26-12-11-23(15-26)10-9-17-7-8-19(28-2)14-20(17)22(27)25-23/h3-8,14,16H,9-13,15H2,1-2H3,(H,25,27)/t16-,23-/m0/s1. The number of carbonyl (C=O) groups is 1. The summed E-state index contributed by atoms with van der Waals surface area (Å²) in [5, 5.41) is 3.31. The van der Waals surface area contributed by atoms with Crippen LogP contribution in [0.25, 0.3) is 0 Å². The van der Waals surface area contributed by atoms with Crippen LogP contribution in [-0.2, 0) is 12.8 Å². The zero-order chi connectivity index (χ0) is 19.7. The summed E-state index contributed by atoms with van der Waals surface area (Å²) in [6.45, 7) is 3.86. The van der Waals surface area contributed by atoms with Crippen LogP contribution in [0.1, 0.15) is 41.3 Å². The van der Waals surface area contributed by atoms with Crippen molar-refractivity contribution in [3.63, 3.8) is 0 Å². The molecule has 4 nitrogen and oxygen atoms in total. The Hall–Kier alpha value is -2.40. The highest BCUT2D eigenvalue weighted by Gasteiger charge is 2.42. The Bertz CT molecular complexity index is 885. The van der Waals surface area contributed by atoms with Gasteiger partial charge in [-0.05, 0) is 61.9 Å². The lowest BCUT2D eigenvalue weighted by molar-refractivity contribution is 0.0898. The van der Waals surface area contributed by atoms with Crippen LogP contribution in [0.5, 0.6) is 5.75 Å². The summed E-state index contributed by atoms with van der Waals surface area (Å²) >= 11 is 0. The number of aryl methyl sites for hydroxylation is 1. The van der Waals surface area contributed by atoms with Gasteiger partial charge in [0.1, 0.15) is 11.6 Å². The molecular weight excluding hydrogens is 355 g/mol. The summed E-state index contributed by atoms with van der Waals surface area (Å²) in [5.41, 5.74) is 2.33. The van der Waals surface area contributed by atoms with Crippen LogP contribution in [0.4, 0.5) is 4.39 Å². The fourth-order valence-electron chi connectivity index (χ4n) is 4.55. The summed E-state index contributed by atoms with van der Waals surface area (Å²) in [6, 6.07) is 13.0. The Balaban J connectivity index is 1.47. The van der Waals surface area contributed by atoms with Gasteiger partial charge in [0.25, 0.3) is 5.91 Å². The maximum atomic E-state index is 14.0. The minimum atomic E-state index is -0.215. The Labute approximate surface area is 165 Å². The van der Waals surface area contributed by atoms with Crippen molar-refractivity contribution in [3.8, 4) is 5.75 Å². The van der Waals surface area contributed by atoms with Crippen LogP contribution >= 0.6 is 0 Å². The van der Waals surface area contributed by atoms with Crippen LogP contribution in [0.3, 0.4) is 0 Å². The van der Waals surface area contributed by atoms with Crippen molar-refractivity contribution < 1.29 is 13.9 Å². The maximum Gasteiger partial charge on any atom is 0.252 e. The summed E-state index contributed by atoms with van der Waals surface area (Å²) in [7, 11) is 1.61. The van der Waals surface area contributed by atoms with E-state index in [1.54, 1.807) is 13.2 Å². The first-order valence-corrected chi connectivity index (χ1v) is 9.96. The first kappa shape index (κ1) is 18.9. The number of hydrogen-bond donors (Lipinski definition) is 1. The van der Waals surface area contributed by atoms with Crippen LogP contribution in [0.2, 0.25) is 0 Å². The Morgan fingerprint density at radius 3 is 2.86 bits per heavy atom. The normalized spacial score (nSPS) is 23.2. The van der Waals surface area contributed by atoms with Gasteiger partial charge < -0.3 is 10.1 Å². The van der Waals surface area contributed by atoms with E-state index in [0.29, 0.717) is 17.7 Å². The molecule has 0 aromatic heterocycles. The Morgan fingerprint density at radius 2 is 2.07 bits per heavy atom. The molecule has 2 aromatic rings. The fourth-order valence-corrected chi connectivity index (χ4v) is 4.55. The minimum Gasteiger partial charge on any atom is -0.497 e. The van der Waals surface area contributed by atoms with E-state index in [2.05, 4.69) is 17.1 Å². The number of fused-ring (bicyclic) bond motifs is 1. The third kappa shape index (κ3) is 3.63. The number of ether oxygens (including phenoxy) is 1. The number of hydrogen-bond acceptors (Lipinski definition) is 3. The second-order valence-corrected chi connectivity index (χ2v) is 8.12. The number of amides is 1. The summed E-state index contributed by atoms with van der Waals surface area (Å²) in [5.74, 6) is 0.543. The molecule has 1 saturated heterocycles. The average molecular weight is 382 g/mol. The van der Waals surface area contributed by atoms with E-state index in [1.165, 1.54) is 6.07 Å². The molecule has 0 saturated carbocycles. The minimum absolute atomic E-state index is 0.0185. The quantitative estimate of drug-likeness (QED) is 0.879. The molecule has 1 fully saturated rings. The van der Waals surface area contributed by atoms with E-state index >= 15 is 0 Å². The monoisotopic (exact) mass is 382 g/mol. The molecule has 2 atom stereocenters. The molecule has 1 spiro atoms. The highest BCUT2D eigenvalue weighted by molar-refractivity contribution is 5.97. The number of likely N-dealkylation sites (tertiary alicyclic amines) is 1.